The van der Waals surface area contributed by atoms with Crippen LogP contribution in [-0.2, 0) is 4.79 Å². The number of rotatable bonds is 10. The lowest BCUT2D eigenvalue weighted by Crippen LogP contribution is -2.03. The lowest BCUT2D eigenvalue weighted by atomic mass is 9.93. The van der Waals surface area contributed by atoms with Crippen LogP contribution in [0, 0.1) is 0 Å². The summed E-state index contributed by atoms with van der Waals surface area (Å²) in [6.45, 7) is 5.71. The molecule has 3 heteroatoms. The van der Waals surface area contributed by atoms with Gasteiger partial charge in [-0.1, -0.05) is 87.4 Å². The highest BCUT2D eigenvalue weighted by Crippen LogP contribution is 2.56. The minimum Gasteiger partial charge on any atom is -0.494 e. The topological polar surface area (TPSA) is 35.5 Å². The Hall–Kier alpha value is -4.11. The first-order valence-corrected chi connectivity index (χ1v) is 13.7. The number of carbonyl (C=O) groups is 1. The molecule has 38 heavy (non-hydrogen) atoms. The van der Waals surface area contributed by atoms with Crippen molar-refractivity contribution < 1.29 is 14.3 Å². The van der Waals surface area contributed by atoms with Crippen molar-refractivity contribution in [3.05, 3.63) is 107 Å². The molecule has 0 saturated heterocycles. The van der Waals surface area contributed by atoms with Gasteiger partial charge in [0.15, 0.2) is 5.78 Å². The second-order valence-corrected chi connectivity index (χ2v) is 9.99. The van der Waals surface area contributed by atoms with Crippen LogP contribution in [0.1, 0.15) is 61.8 Å². The minimum absolute atomic E-state index is 0.0702. The van der Waals surface area contributed by atoms with Crippen LogP contribution in [0.15, 0.2) is 84.9 Å². The summed E-state index contributed by atoms with van der Waals surface area (Å²) in [5.41, 5.74) is 7.72. The predicted octanol–water partition coefficient (Wildman–Crippen LogP) is 8.62. The van der Waals surface area contributed by atoms with Crippen molar-refractivity contribution in [1.82, 2.24) is 0 Å². The Bertz CT molecular complexity index is 1460. The number of fused-ring (bicyclic) bond motifs is 3. The molecule has 0 aromatic heterocycles. The minimum atomic E-state index is 0.0702. The van der Waals surface area contributed by atoms with Crippen molar-refractivity contribution in [2.24, 2.45) is 0 Å². The molecule has 0 amide bonds. The Morgan fingerprint density at radius 3 is 1.42 bits per heavy atom. The van der Waals surface area contributed by atoms with E-state index in [1.165, 1.54) is 10.8 Å². The molecule has 0 spiro atoms. The second-order valence-electron chi connectivity index (χ2n) is 9.99. The smallest absolute Gasteiger partial charge is 0.195 e. The van der Waals surface area contributed by atoms with Gasteiger partial charge in [-0.25, -0.2) is 0 Å². The molecular formula is C35H32O3. The van der Waals surface area contributed by atoms with Crippen LogP contribution in [-0.4, -0.2) is 19.0 Å². The third kappa shape index (κ3) is 4.12. The van der Waals surface area contributed by atoms with Gasteiger partial charge in [-0.2, -0.15) is 0 Å². The SMILES string of the molecule is CCCCOc1ccc(C2=C3C(=C(c4ccc(OCCCC)cc4)C2=O)c2cccc4cccc3c24)cc1. The van der Waals surface area contributed by atoms with Crippen LogP contribution in [0.3, 0.4) is 0 Å². The number of ketones is 1. The number of unbranched alkanes of at least 4 members (excludes halogenated alkanes) is 2. The number of carbonyl (C=O) groups excluding carboxylic acids is 1. The van der Waals surface area contributed by atoms with Gasteiger partial charge in [-0.15, -0.1) is 0 Å². The summed E-state index contributed by atoms with van der Waals surface area (Å²) in [6.07, 6.45) is 4.24. The first-order chi connectivity index (χ1) is 18.7. The van der Waals surface area contributed by atoms with Gasteiger partial charge in [-0.05, 0) is 70.1 Å². The number of hydrogen-bond donors (Lipinski definition) is 0. The Labute approximate surface area is 224 Å². The van der Waals surface area contributed by atoms with Gasteiger partial charge in [-0.3, -0.25) is 4.79 Å². The third-order valence-electron chi connectivity index (χ3n) is 7.47. The molecule has 0 saturated carbocycles. The van der Waals surface area contributed by atoms with Crippen molar-refractivity contribution in [3.8, 4) is 11.5 Å². The van der Waals surface area contributed by atoms with Crippen molar-refractivity contribution >= 4 is 38.8 Å². The molecule has 4 aromatic rings. The first kappa shape index (κ1) is 24.2. The Morgan fingerprint density at radius 2 is 1.00 bits per heavy atom. The molecular weight excluding hydrogens is 468 g/mol. The van der Waals surface area contributed by atoms with Gasteiger partial charge in [0.25, 0.3) is 0 Å². The maximum Gasteiger partial charge on any atom is 0.195 e. The molecule has 2 aliphatic carbocycles. The van der Waals surface area contributed by atoms with E-state index in [1.807, 2.05) is 48.5 Å². The third-order valence-corrected chi connectivity index (χ3v) is 7.47. The van der Waals surface area contributed by atoms with E-state index < -0.39 is 0 Å². The molecule has 0 N–H and O–H groups in total. The fourth-order valence-electron chi connectivity index (χ4n) is 5.55. The summed E-state index contributed by atoms with van der Waals surface area (Å²) in [6, 6.07) is 28.8. The first-order valence-electron chi connectivity index (χ1n) is 13.7. The predicted molar refractivity (Wildman–Crippen MR) is 156 cm³/mol. The van der Waals surface area contributed by atoms with E-state index >= 15 is 0 Å². The van der Waals surface area contributed by atoms with Crippen molar-refractivity contribution in [2.75, 3.05) is 13.2 Å². The highest BCUT2D eigenvalue weighted by atomic mass is 16.5. The van der Waals surface area contributed by atoms with E-state index in [1.54, 1.807) is 0 Å². The second kappa shape index (κ2) is 10.3. The van der Waals surface area contributed by atoms with Crippen LogP contribution in [0.25, 0.3) is 33.1 Å². The lowest BCUT2D eigenvalue weighted by molar-refractivity contribution is -0.108. The van der Waals surface area contributed by atoms with E-state index in [4.69, 9.17) is 9.47 Å². The molecule has 0 fully saturated rings. The van der Waals surface area contributed by atoms with Crippen molar-refractivity contribution in [1.29, 1.82) is 0 Å². The Morgan fingerprint density at radius 1 is 0.553 bits per heavy atom. The van der Waals surface area contributed by atoms with Crippen molar-refractivity contribution in [2.45, 2.75) is 39.5 Å². The average molecular weight is 501 g/mol. The Kier molecular flexibility index (Phi) is 6.59. The number of hydrogen-bond acceptors (Lipinski definition) is 3. The molecule has 0 unspecified atom stereocenters. The van der Waals surface area contributed by atoms with E-state index in [-0.39, 0.29) is 5.78 Å². The highest BCUT2D eigenvalue weighted by molar-refractivity contribution is 6.61. The molecule has 0 bridgehead atoms. The molecule has 0 atom stereocenters. The maximum atomic E-state index is 14.3. The fourth-order valence-corrected chi connectivity index (χ4v) is 5.55. The largest absolute Gasteiger partial charge is 0.494 e. The number of Topliss-reactive ketones (excluding diaryl/α,β-unsaturated/α-hetero) is 1. The van der Waals surface area contributed by atoms with Gasteiger partial charge in [0.05, 0.1) is 13.2 Å². The summed E-state index contributed by atoms with van der Waals surface area (Å²) in [5.74, 6) is 1.74. The van der Waals surface area contributed by atoms with Crippen LogP contribution < -0.4 is 9.47 Å². The van der Waals surface area contributed by atoms with Crippen LogP contribution in [0.4, 0.5) is 0 Å². The van der Waals surface area contributed by atoms with Crippen molar-refractivity contribution in [3.63, 3.8) is 0 Å². The average Bonchev–Trinajstić information content (AvgIpc) is 3.43. The summed E-state index contributed by atoms with van der Waals surface area (Å²) in [5, 5.41) is 2.42. The van der Waals surface area contributed by atoms with Crippen LogP contribution in [0.5, 0.6) is 11.5 Å². The molecule has 0 radical (unpaired) electrons. The monoisotopic (exact) mass is 500 g/mol. The molecule has 6 rings (SSSR count). The number of ether oxygens (including phenoxy) is 2. The van der Waals surface area contributed by atoms with Gasteiger partial charge in [0, 0.05) is 22.3 Å². The molecule has 0 aliphatic heterocycles. The fraction of sp³-hybridized carbons (Fsp3) is 0.229. The number of allylic oxidation sites excluding steroid dienone is 4. The van der Waals surface area contributed by atoms with E-state index in [0.29, 0.717) is 13.2 Å². The molecule has 3 nitrogen and oxygen atoms in total. The summed E-state index contributed by atoms with van der Waals surface area (Å²) in [7, 11) is 0. The zero-order chi connectivity index (χ0) is 26.1. The van der Waals surface area contributed by atoms with Crippen LogP contribution >= 0.6 is 0 Å². The zero-order valence-electron chi connectivity index (χ0n) is 22.1. The van der Waals surface area contributed by atoms with Gasteiger partial charge in [0.1, 0.15) is 11.5 Å². The Balaban J connectivity index is 1.46. The van der Waals surface area contributed by atoms with E-state index in [9.17, 15) is 4.79 Å². The normalized spacial score (nSPS) is 14.0. The summed E-state index contributed by atoms with van der Waals surface area (Å²) in [4.78, 5) is 14.3. The van der Waals surface area contributed by atoms with Gasteiger partial charge >= 0.3 is 0 Å². The maximum absolute atomic E-state index is 14.3. The lowest BCUT2D eigenvalue weighted by Gasteiger charge is -2.11. The molecule has 4 aromatic carbocycles. The molecule has 190 valence electrons. The van der Waals surface area contributed by atoms with E-state index in [0.717, 1.165) is 81.7 Å². The zero-order valence-corrected chi connectivity index (χ0v) is 22.1. The van der Waals surface area contributed by atoms with Gasteiger partial charge in [0.2, 0.25) is 0 Å². The van der Waals surface area contributed by atoms with Crippen LogP contribution in [0.2, 0.25) is 0 Å². The quantitative estimate of drug-likeness (QED) is 0.205. The molecule has 2 aliphatic rings. The molecule has 0 heterocycles. The standard InChI is InChI=1S/C35H32O3/c1-3-5-21-37-26-17-13-24(14-18-26)31-33-28-11-7-9-23-10-8-12-29(30(23)28)34(33)32(35(31)36)25-15-19-27(20-16-25)38-22-6-4-2/h7-20H,3-6,21-22H2,1-2H3. The highest BCUT2D eigenvalue weighted by Gasteiger charge is 2.40. The van der Waals surface area contributed by atoms with E-state index in [2.05, 4.69) is 50.2 Å². The summed E-state index contributed by atoms with van der Waals surface area (Å²) >= 11 is 0. The summed E-state index contributed by atoms with van der Waals surface area (Å²) < 4.78 is 11.8. The van der Waals surface area contributed by atoms with Gasteiger partial charge < -0.3 is 9.47 Å². The number of benzene rings is 4.